The summed E-state index contributed by atoms with van der Waals surface area (Å²) in [5.41, 5.74) is -0.514. The summed E-state index contributed by atoms with van der Waals surface area (Å²) in [5.74, 6) is -2.21. The Morgan fingerprint density at radius 2 is 2.05 bits per heavy atom. The van der Waals surface area contributed by atoms with Gasteiger partial charge in [-0.2, -0.15) is 0 Å². The fourth-order valence-electron chi connectivity index (χ4n) is 1.32. The molecule has 19 heavy (non-hydrogen) atoms. The van der Waals surface area contributed by atoms with Crippen LogP contribution in [-0.2, 0) is 10.6 Å². The molecule has 0 aliphatic carbocycles. The Hall–Kier alpha value is -1.70. The second-order valence-electron chi connectivity index (χ2n) is 3.16. The first-order valence-corrected chi connectivity index (χ1v) is 5.33. The molecule has 1 aromatic rings. The van der Waals surface area contributed by atoms with Gasteiger partial charge in [0.1, 0.15) is 5.56 Å². The first-order chi connectivity index (χ1) is 8.84. The standard InChI is InChI=1S/C10H9ClF3NO4/c1-17-8-7(9(16)18-2)5(3-11)6(4-15-8)19-10(12,13)14/h4H,3H2,1-2H3. The van der Waals surface area contributed by atoms with Crippen LogP contribution in [0.15, 0.2) is 6.20 Å². The maximum atomic E-state index is 12.2. The lowest BCUT2D eigenvalue weighted by atomic mass is 10.1. The highest BCUT2D eigenvalue weighted by atomic mass is 35.5. The summed E-state index contributed by atoms with van der Waals surface area (Å²) in [6.45, 7) is 0. The van der Waals surface area contributed by atoms with E-state index in [2.05, 4.69) is 14.5 Å². The third-order valence-corrected chi connectivity index (χ3v) is 2.32. The number of pyridine rings is 1. The Balaban J connectivity index is 3.40. The largest absolute Gasteiger partial charge is 0.573 e. The zero-order valence-electron chi connectivity index (χ0n) is 9.88. The van der Waals surface area contributed by atoms with Gasteiger partial charge in [-0.1, -0.05) is 0 Å². The Kier molecular flexibility index (Phi) is 4.82. The van der Waals surface area contributed by atoms with Gasteiger partial charge in [0.05, 0.1) is 26.3 Å². The monoisotopic (exact) mass is 299 g/mol. The molecule has 0 spiro atoms. The number of methoxy groups -OCH3 is 2. The van der Waals surface area contributed by atoms with Crippen LogP contribution in [0.3, 0.4) is 0 Å². The lowest BCUT2D eigenvalue weighted by Gasteiger charge is -2.15. The predicted octanol–water partition coefficient (Wildman–Crippen LogP) is 2.51. The van der Waals surface area contributed by atoms with E-state index < -0.39 is 24.0 Å². The molecule has 0 saturated carbocycles. The van der Waals surface area contributed by atoms with Crippen molar-refractivity contribution in [3.05, 3.63) is 17.3 Å². The van der Waals surface area contributed by atoms with E-state index in [0.29, 0.717) is 0 Å². The zero-order valence-corrected chi connectivity index (χ0v) is 10.6. The lowest BCUT2D eigenvalue weighted by Crippen LogP contribution is -2.20. The van der Waals surface area contributed by atoms with E-state index in [-0.39, 0.29) is 17.0 Å². The Bertz CT molecular complexity index is 479. The average molecular weight is 300 g/mol. The molecule has 0 atom stereocenters. The molecule has 0 unspecified atom stereocenters. The van der Waals surface area contributed by atoms with Gasteiger partial charge in [0.25, 0.3) is 0 Å². The second kappa shape index (κ2) is 5.96. The maximum Gasteiger partial charge on any atom is 0.573 e. The van der Waals surface area contributed by atoms with Crippen molar-refractivity contribution < 1.29 is 32.2 Å². The summed E-state index contributed by atoms with van der Waals surface area (Å²) >= 11 is 5.56. The highest BCUT2D eigenvalue weighted by Gasteiger charge is 2.34. The summed E-state index contributed by atoms with van der Waals surface area (Å²) in [5, 5.41) is 0. The minimum Gasteiger partial charge on any atom is -0.480 e. The smallest absolute Gasteiger partial charge is 0.480 e. The number of aromatic nitrogens is 1. The summed E-state index contributed by atoms with van der Waals surface area (Å²) in [7, 11) is 2.27. The number of alkyl halides is 4. The Morgan fingerprint density at radius 1 is 1.42 bits per heavy atom. The van der Waals surface area contributed by atoms with Crippen LogP contribution in [0.1, 0.15) is 15.9 Å². The molecule has 0 bridgehead atoms. The molecule has 0 aliphatic rings. The van der Waals surface area contributed by atoms with Gasteiger partial charge in [-0.3, -0.25) is 0 Å². The number of hydrogen-bond donors (Lipinski definition) is 0. The van der Waals surface area contributed by atoms with Crippen molar-refractivity contribution in [2.24, 2.45) is 0 Å². The Morgan fingerprint density at radius 3 is 2.47 bits per heavy atom. The summed E-state index contributed by atoms with van der Waals surface area (Å²) in [6.07, 6.45) is -4.15. The molecule has 0 saturated heterocycles. The number of halogens is 4. The van der Waals surface area contributed by atoms with Gasteiger partial charge >= 0.3 is 12.3 Å². The van der Waals surface area contributed by atoms with E-state index in [0.717, 1.165) is 13.3 Å². The van der Waals surface area contributed by atoms with Crippen LogP contribution in [0.25, 0.3) is 0 Å². The normalized spacial score (nSPS) is 11.1. The van der Waals surface area contributed by atoms with Gasteiger partial charge in [0, 0.05) is 5.56 Å². The molecule has 106 valence electrons. The maximum absolute atomic E-state index is 12.2. The third-order valence-electron chi connectivity index (χ3n) is 2.05. The van der Waals surface area contributed by atoms with Crippen LogP contribution in [-0.4, -0.2) is 31.5 Å². The molecule has 0 N–H and O–H groups in total. The third kappa shape index (κ3) is 3.63. The molecule has 0 fully saturated rings. The number of ether oxygens (including phenoxy) is 3. The van der Waals surface area contributed by atoms with Crippen molar-refractivity contribution in [1.82, 2.24) is 4.98 Å². The topological polar surface area (TPSA) is 57.7 Å². The highest BCUT2D eigenvalue weighted by molar-refractivity contribution is 6.18. The van der Waals surface area contributed by atoms with Crippen molar-refractivity contribution in [2.75, 3.05) is 14.2 Å². The van der Waals surface area contributed by atoms with E-state index in [1.54, 1.807) is 0 Å². The van der Waals surface area contributed by atoms with Crippen molar-refractivity contribution in [3.8, 4) is 11.6 Å². The molecule has 1 heterocycles. The fourth-order valence-corrected chi connectivity index (χ4v) is 1.59. The van der Waals surface area contributed by atoms with Crippen molar-refractivity contribution in [1.29, 1.82) is 0 Å². The number of rotatable bonds is 4. The minimum absolute atomic E-state index is 0.197. The second-order valence-corrected chi connectivity index (χ2v) is 3.43. The van der Waals surface area contributed by atoms with E-state index in [4.69, 9.17) is 16.3 Å². The van der Waals surface area contributed by atoms with E-state index in [9.17, 15) is 18.0 Å². The molecule has 1 aromatic heterocycles. The van der Waals surface area contributed by atoms with Crippen LogP contribution in [0, 0.1) is 0 Å². The zero-order chi connectivity index (χ0) is 14.6. The summed E-state index contributed by atoms with van der Waals surface area (Å²) in [4.78, 5) is 15.1. The van der Waals surface area contributed by atoms with Gasteiger partial charge in [-0.05, 0) is 0 Å². The predicted molar refractivity (Wildman–Crippen MR) is 58.4 cm³/mol. The van der Waals surface area contributed by atoms with E-state index in [1.807, 2.05) is 0 Å². The van der Waals surface area contributed by atoms with E-state index in [1.165, 1.54) is 7.11 Å². The first kappa shape index (κ1) is 15.4. The van der Waals surface area contributed by atoms with Crippen LogP contribution in [0.2, 0.25) is 0 Å². The Labute approximate surface area is 111 Å². The summed E-state index contributed by atoms with van der Waals surface area (Å²) < 4.78 is 49.6. The number of esters is 1. The van der Waals surface area contributed by atoms with Gasteiger partial charge in [0.2, 0.25) is 5.88 Å². The molecule has 1 rings (SSSR count). The molecular formula is C10H9ClF3NO4. The lowest BCUT2D eigenvalue weighted by molar-refractivity contribution is -0.275. The molecular weight excluding hydrogens is 291 g/mol. The van der Waals surface area contributed by atoms with Gasteiger partial charge < -0.3 is 14.2 Å². The minimum atomic E-state index is -4.93. The molecule has 0 aromatic carbocycles. The van der Waals surface area contributed by atoms with Gasteiger partial charge in [-0.15, -0.1) is 24.8 Å². The number of carbonyl (C=O) groups excluding carboxylic acids is 1. The fraction of sp³-hybridized carbons (Fsp3) is 0.400. The molecule has 0 aliphatic heterocycles. The SMILES string of the molecule is COC(=O)c1c(OC)ncc(OC(F)(F)F)c1CCl. The quantitative estimate of drug-likeness (QED) is 0.631. The van der Waals surface area contributed by atoms with Crippen LogP contribution >= 0.6 is 11.6 Å². The number of carbonyl (C=O) groups is 1. The van der Waals surface area contributed by atoms with Gasteiger partial charge in [0.15, 0.2) is 5.75 Å². The van der Waals surface area contributed by atoms with Crippen LogP contribution in [0.5, 0.6) is 11.6 Å². The van der Waals surface area contributed by atoms with Crippen molar-refractivity contribution >= 4 is 17.6 Å². The van der Waals surface area contributed by atoms with Gasteiger partial charge in [-0.25, -0.2) is 9.78 Å². The van der Waals surface area contributed by atoms with Crippen LogP contribution < -0.4 is 9.47 Å². The van der Waals surface area contributed by atoms with E-state index >= 15 is 0 Å². The van der Waals surface area contributed by atoms with Crippen molar-refractivity contribution in [3.63, 3.8) is 0 Å². The molecule has 0 amide bonds. The van der Waals surface area contributed by atoms with Crippen molar-refractivity contribution in [2.45, 2.75) is 12.2 Å². The average Bonchev–Trinajstić information content (AvgIpc) is 2.35. The highest BCUT2D eigenvalue weighted by Crippen LogP contribution is 2.33. The summed E-state index contributed by atoms with van der Waals surface area (Å²) in [6, 6.07) is 0. The number of nitrogens with zero attached hydrogens (tertiary/aromatic N) is 1. The molecule has 5 nitrogen and oxygen atoms in total. The molecule has 0 radical (unpaired) electrons. The molecule has 9 heteroatoms. The first-order valence-electron chi connectivity index (χ1n) is 4.80. The van der Waals surface area contributed by atoms with Crippen LogP contribution in [0.4, 0.5) is 13.2 Å². The number of hydrogen-bond acceptors (Lipinski definition) is 5.